The zero-order valence-electron chi connectivity index (χ0n) is 17.2. The Morgan fingerprint density at radius 1 is 0.935 bits per heavy atom. The third-order valence-electron chi connectivity index (χ3n) is 5.19. The summed E-state index contributed by atoms with van der Waals surface area (Å²) < 4.78 is 5.46. The minimum atomic E-state index is -0.0133. The Bertz CT molecular complexity index is 992. The number of carbonyl (C=O) groups excluding carboxylic acids is 1. The maximum atomic E-state index is 12.9. The van der Waals surface area contributed by atoms with E-state index in [1.165, 1.54) is 0 Å². The third kappa shape index (κ3) is 5.82. The van der Waals surface area contributed by atoms with Crippen LogP contribution in [0.5, 0.6) is 0 Å². The van der Waals surface area contributed by atoms with Gasteiger partial charge in [-0.1, -0.05) is 66.2 Å². The van der Waals surface area contributed by atoms with Crippen LogP contribution in [-0.4, -0.2) is 38.0 Å². The first-order valence-electron chi connectivity index (χ1n) is 10.3. The molecule has 1 heterocycles. The molecule has 1 aliphatic heterocycles. The number of thioether (sulfide) groups is 1. The van der Waals surface area contributed by atoms with E-state index >= 15 is 0 Å². The highest BCUT2D eigenvalue weighted by Gasteiger charge is 2.19. The molecule has 0 radical (unpaired) electrons. The third-order valence-corrected chi connectivity index (χ3v) is 6.74. The van der Waals surface area contributed by atoms with Gasteiger partial charge < -0.3 is 15.0 Å². The van der Waals surface area contributed by atoms with Crippen LogP contribution >= 0.6 is 23.4 Å². The summed E-state index contributed by atoms with van der Waals surface area (Å²) in [5.41, 5.74) is 4.18. The summed E-state index contributed by atoms with van der Waals surface area (Å²) in [4.78, 5) is 15.1. The summed E-state index contributed by atoms with van der Waals surface area (Å²) in [5.74, 6) is 0.334. The second-order valence-corrected chi connectivity index (χ2v) is 8.85. The number of para-hydroxylation sites is 2. The largest absolute Gasteiger partial charge is 0.378 e. The van der Waals surface area contributed by atoms with Crippen LogP contribution in [-0.2, 0) is 9.53 Å². The molecular weight excluding hydrogens is 428 g/mol. The zero-order valence-corrected chi connectivity index (χ0v) is 18.7. The van der Waals surface area contributed by atoms with Gasteiger partial charge >= 0.3 is 0 Å². The molecule has 0 saturated carbocycles. The van der Waals surface area contributed by atoms with Crippen LogP contribution in [0.2, 0.25) is 5.02 Å². The number of morpholine rings is 1. The van der Waals surface area contributed by atoms with Crippen molar-refractivity contribution in [3.63, 3.8) is 0 Å². The van der Waals surface area contributed by atoms with Crippen LogP contribution in [0.4, 0.5) is 11.4 Å². The van der Waals surface area contributed by atoms with Gasteiger partial charge in [-0.3, -0.25) is 4.79 Å². The van der Waals surface area contributed by atoms with Gasteiger partial charge in [0.15, 0.2) is 0 Å². The minimum Gasteiger partial charge on any atom is -0.378 e. The highest BCUT2D eigenvalue weighted by molar-refractivity contribution is 8.00. The number of halogens is 1. The molecular formula is C25H25ClN2O2S. The molecule has 0 aliphatic carbocycles. The van der Waals surface area contributed by atoms with Crippen LogP contribution < -0.4 is 10.2 Å². The lowest BCUT2D eigenvalue weighted by atomic mass is 10.0. The molecule has 1 amide bonds. The van der Waals surface area contributed by atoms with E-state index in [0.29, 0.717) is 24.0 Å². The molecule has 1 N–H and O–H groups in total. The van der Waals surface area contributed by atoms with Gasteiger partial charge in [0, 0.05) is 18.1 Å². The highest BCUT2D eigenvalue weighted by atomic mass is 35.5. The van der Waals surface area contributed by atoms with Crippen LogP contribution in [0.3, 0.4) is 0 Å². The number of carbonyl (C=O) groups is 1. The predicted molar refractivity (Wildman–Crippen MR) is 130 cm³/mol. The standard InChI is InChI=1S/C25H25ClN2O2S/c26-21-12-10-20(11-13-21)25(19-6-2-1-3-7-19)31-18-24(29)27-22-8-4-5-9-23(22)28-14-16-30-17-15-28/h1-13,25H,14-18H2,(H,27,29). The van der Waals surface area contributed by atoms with Crippen molar-refractivity contribution in [2.75, 3.05) is 42.3 Å². The molecule has 1 atom stereocenters. The van der Waals surface area contributed by atoms with Gasteiger partial charge in [-0.2, -0.15) is 0 Å². The summed E-state index contributed by atoms with van der Waals surface area (Å²) in [7, 11) is 0. The van der Waals surface area contributed by atoms with E-state index in [9.17, 15) is 4.79 Å². The second kappa shape index (κ2) is 10.7. The lowest BCUT2D eigenvalue weighted by Crippen LogP contribution is -2.36. The molecule has 0 bridgehead atoms. The van der Waals surface area contributed by atoms with E-state index in [1.807, 2.05) is 60.7 Å². The zero-order chi connectivity index (χ0) is 21.5. The molecule has 0 aromatic heterocycles. The van der Waals surface area contributed by atoms with Gasteiger partial charge in [0.25, 0.3) is 0 Å². The minimum absolute atomic E-state index is 0.0133. The molecule has 4 rings (SSSR count). The van der Waals surface area contributed by atoms with Crippen molar-refractivity contribution in [2.45, 2.75) is 5.25 Å². The normalized spacial score (nSPS) is 14.8. The highest BCUT2D eigenvalue weighted by Crippen LogP contribution is 2.36. The van der Waals surface area contributed by atoms with Gasteiger partial charge in [0.05, 0.1) is 35.6 Å². The molecule has 6 heteroatoms. The fraction of sp³-hybridized carbons (Fsp3) is 0.240. The predicted octanol–water partition coefficient (Wildman–Crippen LogP) is 5.64. The topological polar surface area (TPSA) is 41.6 Å². The van der Waals surface area contributed by atoms with Crippen LogP contribution in [0.25, 0.3) is 0 Å². The molecule has 160 valence electrons. The van der Waals surface area contributed by atoms with E-state index in [2.05, 4.69) is 28.4 Å². The van der Waals surface area contributed by atoms with Gasteiger partial charge in [-0.15, -0.1) is 11.8 Å². The number of anilines is 2. The first-order valence-corrected chi connectivity index (χ1v) is 11.8. The van der Waals surface area contributed by atoms with E-state index < -0.39 is 0 Å². The fourth-order valence-electron chi connectivity index (χ4n) is 3.65. The molecule has 4 nitrogen and oxygen atoms in total. The van der Waals surface area contributed by atoms with Crippen molar-refractivity contribution in [1.29, 1.82) is 0 Å². The molecule has 0 spiro atoms. The first-order chi connectivity index (χ1) is 15.2. The SMILES string of the molecule is O=C(CSC(c1ccccc1)c1ccc(Cl)cc1)Nc1ccccc1N1CCOCC1. The van der Waals surface area contributed by atoms with E-state index in [4.69, 9.17) is 16.3 Å². The average molecular weight is 453 g/mol. The van der Waals surface area contributed by atoms with Gasteiger partial charge in [-0.25, -0.2) is 0 Å². The average Bonchev–Trinajstić information content (AvgIpc) is 2.82. The number of rotatable bonds is 7. The Hall–Kier alpha value is -2.47. The van der Waals surface area contributed by atoms with Crippen molar-refractivity contribution in [1.82, 2.24) is 0 Å². The summed E-state index contributed by atoms with van der Waals surface area (Å²) in [6.07, 6.45) is 0. The molecule has 1 saturated heterocycles. The van der Waals surface area contributed by atoms with Gasteiger partial charge in [0.2, 0.25) is 5.91 Å². The van der Waals surface area contributed by atoms with Crippen LogP contribution in [0.15, 0.2) is 78.9 Å². The molecule has 1 aliphatic rings. The Morgan fingerprint density at radius 3 is 2.32 bits per heavy atom. The van der Waals surface area contributed by atoms with E-state index in [-0.39, 0.29) is 11.2 Å². The second-order valence-electron chi connectivity index (χ2n) is 7.32. The smallest absolute Gasteiger partial charge is 0.234 e. The maximum absolute atomic E-state index is 12.9. The van der Waals surface area contributed by atoms with Crippen molar-refractivity contribution < 1.29 is 9.53 Å². The maximum Gasteiger partial charge on any atom is 0.234 e. The van der Waals surface area contributed by atoms with E-state index in [1.54, 1.807) is 11.8 Å². The molecule has 3 aromatic carbocycles. The van der Waals surface area contributed by atoms with Gasteiger partial charge in [-0.05, 0) is 35.4 Å². The van der Waals surface area contributed by atoms with Gasteiger partial charge in [0.1, 0.15) is 0 Å². The summed E-state index contributed by atoms with van der Waals surface area (Å²) in [6.45, 7) is 3.07. The number of amides is 1. The Morgan fingerprint density at radius 2 is 1.58 bits per heavy atom. The summed E-state index contributed by atoms with van der Waals surface area (Å²) in [5, 5.41) is 3.87. The van der Waals surface area contributed by atoms with Crippen molar-refractivity contribution in [3.8, 4) is 0 Å². The first kappa shape index (κ1) is 21.8. The summed E-state index contributed by atoms with van der Waals surface area (Å²) >= 11 is 7.69. The number of hydrogen-bond donors (Lipinski definition) is 1. The quantitative estimate of drug-likeness (QED) is 0.503. The molecule has 1 fully saturated rings. The number of nitrogens with one attached hydrogen (secondary N) is 1. The Kier molecular flexibility index (Phi) is 7.52. The monoisotopic (exact) mass is 452 g/mol. The number of hydrogen-bond acceptors (Lipinski definition) is 4. The lowest BCUT2D eigenvalue weighted by Gasteiger charge is -2.30. The Labute approximate surface area is 192 Å². The van der Waals surface area contributed by atoms with Crippen LogP contribution in [0, 0.1) is 0 Å². The van der Waals surface area contributed by atoms with E-state index in [0.717, 1.165) is 35.6 Å². The molecule has 3 aromatic rings. The number of ether oxygens (including phenoxy) is 1. The van der Waals surface area contributed by atoms with Crippen molar-refractivity contribution in [3.05, 3.63) is 95.0 Å². The number of nitrogens with zero attached hydrogens (tertiary/aromatic N) is 1. The fourth-order valence-corrected chi connectivity index (χ4v) is 4.87. The van der Waals surface area contributed by atoms with Crippen molar-refractivity contribution >= 4 is 40.6 Å². The molecule has 1 unspecified atom stereocenters. The number of benzene rings is 3. The van der Waals surface area contributed by atoms with Crippen LogP contribution in [0.1, 0.15) is 16.4 Å². The lowest BCUT2D eigenvalue weighted by molar-refractivity contribution is -0.113. The Balaban J connectivity index is 1.46. The molecule has 31 heavy (non-hydrogen) atoms. The van der Waals surface area contributed by atoms with Crippen molar-refractivity contribution in [2.24, 2.45) is 0 Å². The summed E-state index contributed by atoms with van der Waals surface area (Å²) in [6, 6.07) is 26.0.